The molecule has 1 aromatic carbocycles. The highest BCUT2D eigenvalue weighted by molar-refractivity contribution is 5.52. The summed E-state index contributed by atoms with van der Waals surface area (Å²) in [7, 11) is 4.49. The molecular weight excluding hydrogens is 304 g/mol. The molecule has 1 aromatic rings. The standard InChI is InChI=1S/C19H20N2O3/c1-22-17-10-7-15(8-11-17)6-9-16-5-4-12-19(23-2,24-3)18(16,13-20)14-21/h4,6-12,16H,5H2,1-3H3/b9-6+. The van der Waals surface area contributed by atoms with Gasteiger partial charge in [0.1, 0.15) is 5.75 Å². The highest BCUT2D eigenvalue weighted by atomic mass is 16.7. The van der Waals surface area contributed by atoms with E-state index in [1.165, 1.54) is 14.2 Å². The van der Waals surface area contributed by atoms with Gasteiger partial charge in [-0.25, -0.2) is 0 Å². The molecule has 124 valence electrons. The molecule has 0 saturated carbocycles. The Hall–Kier alpha value is -2.60. The SMILES string of the molecule is COc1ccc(/C=C/C2CC=CC(OC)(OC)C2(C#N)C#N)cc1. The second-order valence-electron chi connectivity index (χ2n) is 5.48. The van der Waals surface area contributed by atoms with Crippen molar-refractivity contribution >= 4 is 6.08 Å². The van der Waals surface area contributed by atoms with Crippen LogP contribution in [0.5, 0.6) is 5.75 Å². The molecule has 1 aliphatic rings. The molecule has 5 heteroatoms. The Bertz CT molecular complexity index is 690. The highest BCUT2D eigenvalue weighted by Gasteiger charge is 2.58. The average molecular weight is 324 g/mol. The van der Waals surface area contributed by atoms with Crippen LogP contribution in [-0.2, 0) is 9.47 Å². The lowest BCUT2D eigenvalue weighted by Gasteiger charge is -2.43. The molecule has 0 bridgehead atoms. The van der Waals surface area contributed by atoms with E-state index >= 15 is 0 Å². The first kappa shape index (κ1) is 17.7. The molecule has 1 unspecified atom stereocenters. The van der Waals surface area contributed by atoms with E-state index in [-0.39, 0.29) is 5.92 Å². The Morgan fingerprint density at radius 2 is 1.71 bits per heavy atom. The van der Waals surface area contributed by atoms with Gasteiger partial charge in [0, 0.05) is 20.1 Å². The Morgan fingerprint density at radius 1 is 1.08 bits per heavy atom. The van der Waals surface area contributed by atoms with E-state index in [0.29, 0.717) is 6.42 Å². The second kappa shape index (κ2) is 7.31. The number of hydrogen-bond donors (Lipinski definition) is 0. The van der Waals surface area contributed by atoms with E-state index in [0.717, 1.165) is 11.3 Å². The Morgan fingerprint density at radius 3 is 2.21 bits per heavy atom. The van der Waals surface area contributed by atoms with Gasteiger partial charge in [0.2, 0.25) is 11.2 Å². The van der Waals surface area contributed by atoms with E-state index in [1.54, 1.807) is 13.2 Å². The van der Waals surface area contributed by atoms with Gasteiger partial charge in [-0.3, -0.25) is 0 Å². The molecule has 0 amide bonds. The van der Waals surface area contributed by atoms with Gasteiger partial charge in [-0.05, 0) is 30.2 Å². The van der Waals surface area contributed by atoms with Crippen LogP contribution in [0.15, 0.2) is 42.5 Å². The molecule has 1 aliphatic carbocycles. The van der Waals surface area contributed by atoms with Gasteiger partial charge in [0.05, 0.1) is 19.2 Å². The molecule has 0 heterocycles. The summed E-state index contributed by atoms with van der Waals surface area (Å²) >= 11 is 0. The smallest absolute Gasteiger partial charge is 0.220 e. The maximum absolute atomic E-state index is 9.76. The number of hydrogen-bond acceptors (Lipinski definition) is 5. The summed E-state index contributed by atoms with van der Waals surface area (Å²) in [6.07, 6.45) is 7.84. The summed E-state index contributed by atoms with van der Waals surface area (Å²) in [5, 5.41) is 19.5. The summed E-state index contributed by atoms with van der Waals surface area (Å²) < 4.78 is 16.0. The normalized spacial score (nSPS) is 21.1. The molecule has 0 fully saturated rings. The van der Waals surface area contributed by atoms with E-state index in [9.17, 15) is 10.5 Å². The molecule has 24 heavy (non-hydrogen) atoms. The van der Waals surface area contributed by atoms with Crippen molar-refractivity contribution in [2.45, 2.75) is 12.2 Å². The molecule has 1 atom stereocenters. The summed E-state index contributed by atoms with van der Waals surface area (Å²) in [6, 6.07) is 11.8. The predicted molar refractivity (Wildman–Crippen MR) is 89.7 cm³/mol. The number of ether oxygens (including phenoxy) is 3. The molecule has 0 spiro atoms. The third kappa shape index (κ3) is 2.80. The first-order valence-corrected chi connectivity index (χ1v) is 7.54. The van der Waals surface area contributed by atoms with Gasteiger partial charge in [-0.1, -0.05) is 30.4 Å². The van der Waals surface area contributed by atoms with Crippen LogP contribution in [0.25, 0.3) is 6.08 Å². The number of nitrogens with zero attached hydrogens (tertiary/aromatic N) is 2. The van der Waals surface area contributed by atoms with Crippen molar-refractivity contribution in [3.05, 3.63) is 48.1 Å². The number of nitriles is 2. The van der Waals surface area contributed by atoms with Crippen molar-refractivity contribution in [1.29, 1.82) is 10.5 Å². The summed E-state index contributed by atoms with van der Waals surface area (Å²) in [4.78, 5) is 0. The lowest BCUT2D eigenvalue weighted by molar-refractivity contribution is -0.223. The fourth-order valence-electron chi connectivity index (χ4n) is 2.99. The van der Waals surface area contributed by atoms with Gasteiger partial charge in [-0.2, -0.15) is 10.5 Å². The van der Waals surface area contributed by atoms with Crippen LogP contribution in [-0.4, -0.2) is 27.1 Å². The lowest BCUT2D eigenvalue weighted by atomic mass is 9.66. The average Bonchev–Trinajstić information content (AvgIpc) is 2.66. The summed E-state index contributed by atoms with van der Waals surface area (Å²) in [6.45, 7) is 0. The summed E-state index contributed by atoms with van der Waals surface area (Å²) in [5.74, 6) is -0.975. The number of allylic oxidation sites excluding steroid dienone is 2. The van der Waals surface area contributed by atoms with Crippen LogP contribution in [0.2, 0.25) is 0 Å². The molecule has 0 aromatic heterocycles. The minimum absolute atomic E-state index is 0.362. The quantitative estimate of drug-likeness (QED) is 0.613. The number of benzene rings is 1. The number of methoxy groups -OCH3 is 3. The molecule has 0 aliphatic heterocycles. The van der Waals surface area contributed by atoms with Crippen molar-refractivity contribution in [2.24, 2.45) is 11.3 Å². The molecular formula is C19H20N2O3. The topological polar surface area (TPSA) is 75.3 Å². The zero-order chi connectivity index (χ0) is 17.6. The third-order valence-electron chi connectivity index (χ3n) is 4.43. The largest absolute Gasteiger partial charge is 0.497 e. The lowest BCUT2D eigenvalue weighted by Crippen LogP contribution is -2.53. The maximum Gasteiger partial charge on any atom is 0.220 e. The van der Waals surface area contributed by atoms with Crippen LogP contribution < -0.4 is 4.74 Å². The third-order valence-corrected chi connectivity index (χ3v) is 4.43. The van der Waals surface area contributed by atoms with Crippen LogP contribution in [0, 0.1) is 34.0 Å². The van der Waals surface area contributed by atoms with Gasteiger partial charge < -0.3 is 14.2 Å². The Kier molecular flexibility index (Phi) is 5.41. The fraction of sp³-hybridized carbons (Fsp3) is 0.368. The van der Waals surface area contributed by atoms with Crippen molar-refractivity contribution in [1.82, 2.24) is 0 Å². The van der Waals surface area contributed by atoms with Gasteiger partial charge in [0.15, 0.2) is 0 Å². The zero-order valence-electron chi connectivity index (χ0n) is 14.0. The van der Waals surface area contributed by atoms with Crippen LogP contribution in [0.1, 0.15) is 12.0 Å². The minimum Gasteiger partial charge on any atom is -0.497 e. The van der Waals surface area contributed by atoms with Crippen molar-refractivity contribution in [2.75, 3.05) is 21.3 Å². The monoisotopic (exact) mass is 324 g/mol. The zero-order valence-corrected chi connectivity index (χ0v) is 14.0. The van der Waals surface area contributed by atoms with E-state index in [2.05, 4.69) is 12.1 Å². The highest BCUT2D eigenvalue weighted by Crippen LogP contribution is 2.47. The Labute approximate surface area is 142 Å². The van der Waals surface area contributed by atoms with Crippen LogP contribution in [0.3, 0.4) is 0 Å². The molecule has 5 nitrogen and oxygen atoms in total. The minimum atomic E-state index is -1.46. The van der Waals surface area contributed by atoms with E-state index in [1.807, 2.05) is 42.5 Å². The first-order valence-electron chi connectivity index (χ1n) is 7.54. The molecule has 0 N–H and O–H groups in total. The second-order valence-corrected chi connectivity index (χ2v) is 5.48. The van der Waals surface area contributed by atoms with Gasteiger partial charge >= 0.3 is 0 Å². The summed E-state index contributed by atoms with van der Waals surface area (Å²) in [5.41, 5.74) is -0.510. The van der Waals surface area contributed by atoms with Crippen molar-refractivity contribution in [3.8, 4) is 17.9 Å². The predicted octanol–water partition coefficient (Wildman–Crippen LogP) is 3.31. The molecule has 0 radical (unpaired) electrons. The molecule has 2 rings (SSSR count). The number of rotatable bonds is 5. The van der Waals surface area contributed by atoms with Crippen LogP contribution in [0.4, 0.5) is 0 Å². The Balaban J connectivity index is 2.38. The maximum atomic E-state index is 9.76. The van der Waals surface area contributed by atoms with Crippen molar-refractivity contribution < 1.29 is 14.2 Å². The first-order chi connectivity index (χ1) is 11.6. The molecule has 0 saturated heterocycles. The van der Waals surface area contributed by atoms with Crippen molar-refractivity contribution in [3.63, 3.8) is 0 Å². The van der Waals surface area contributed by atoms with Gasteiger partial charge in [-0.15, -0.1) is 0 Å². The van der Waals surface area contributed by atoms with E-state index in [4.69, 9.17) is 14.2 Å². The fourth-order valence-corrected chi connectivity index (χ4v) is 2.99. The van der Waals surface area contributed by atoms with E-state index < -0.39 is 11.2 Å². The van der Waals surface area contributed by atoms with Crippen LogP contribution >= 0.6 is 0 Å². The van der Waals surface area contributed by atoms with Gasteiger partial charge in [0.25, 0.3) is 0 Å².